The number of benzene rings is 3. The second kappa shape index (κ2) is 12.6. The Morgan fingerprint density at radius 1 is 0.686 bits per heavy atom. The molecular formula is C27H27N2O5P. The lowest BCUT2D eigenvalue weighted by atomic mass is 10.2. The fourth-order valence-electron chi connectivity index (χ4n) is 3.48. The number of carbonyl (C=O) groups is 3. The minimum atomic E-state index is -2.79. The molecule has 0 aliphatic carbocycles. The van der Waals surface area contributed by atoms with Crippen LogP contribution in [-0.4, -0.2) is 36.6 Å². The largest absolute Gasteiger partial charge is 0.466 e. The Hall–Kier alpha value is -3.83. The Morgan fingerprint density at radius 3 is 1.51 bits per heavy atom. The lowest BCUT2D eigenvalue weighted by molar-refractivity contribution is -0.144. The quantitative estimate of drug-likeness (QED) is 0.142. The highest BCUT2D eigenvalue weighted by Crippen LogP contribution is 2.46. The molecule has 0 bridgehead atoms. The summed E-state index contributed by atoms with van der Waals surface area (Å²) in [7, 11) is -2.79. The van der Waals surface area contributed by atoms with E-state index in [9.17, 15) is 14.4 Å². The molecule has 0 aliphatic heterocycles. The summed E-state index contributed by atoms with van der Waals surface area (Å²) < 4.78 is 9.92. The molecule has 0 saturated heterocycles. The lowest BCUT2D eigenvalue weighted by Gasteiger charge is -2.25. The van der Waals surface area contributed by atoms with Crippen LogP contribution >= 0.6 is 7.05 Å². The minimum absolute atomic E-state index is 0.0425. The van der Waals surface area contributed by atoms with Gasteiger partial charge in [0.05, 0.1) is 20.3 Å². The molecule has 0 spiro atoms. The molecule has 0 atom stereocenters. The van der Waals surface area contributed by atoms with Gasteiger partial charge in [-0.1, -0.05) is 91.0 Å². The van der Waals surface area contributed by atoms with Gasteiger partial charge >= 0.3 is 11.9 Å². The van der Waals surface area contributed by atoms with E-state index in [1.165, 1.54) is 0 Å². The van der Waals surface area contributed by atoms with Crippen LogP contribution in [0.5, 0.6) is 0 Å². The Bertz CT molecular complexity index is 1140. The van der Waals surface area contributed by atoms with E-state index in [1.54, 1.807) is 13.8 Å². The molecule has 0 unspecified atom stereocenters. The molecule has 3 rings (SSSR count). The summed E-state index contributed by atoms with van der Waals surface area (Å²) in [6.07, 6.45) is -0.630. The van der Waals surface area contributed by atoms with E-state index in [0.29, 0.717) is 0 Å². The Balaban J connectivity index is 2.31. The number of hydrogen-bond acceptors (Lipinski definition) is 6. The van der Waals surface area contributed by atoms with Crippen molar-refractivity contribution in [1.82, 2.24) is 0 Å². The molecular weight excluding hydrogens is 463 g/mol. The van der Waals surface area contributed by atoms with Gasteiger partial charge in [-0.15, -0.1) is 5.10 Å². The van der Waals surface area contributed by atoms with Crippen LogP contribution in [0.3, 0.4) is 0 Å². The minimum Gasteiger partial charge on any atom is -0.466 e. The first-order valence-corrected chi connectivity index (χ1v) is 13.0. The first kappa shape index (κ1) is 25.8. The van der Waals surface area contributed by atoms with Crippen LogP contribution in [0.1, 0.15) is 20.3 Å². The Morgan fingerprint density at radius 2 is 1.11 bits per heavy atom. The summed E-state index contributed by atoms with van der Waals surface area (Å²) in [5.74, 6) is -2.49. The molecule has 0 heterocycles. The van der Waals surface area contributed by atoms with Gasteiger partial charge in [0, 0.05) is 15.9 Å². The van der Waals surface area contributed by atoms with Crippen molar-refractivity contribution in [2.45, 2.75) is 20.3 Å². The second-order valence-corrected chi connectivity index (χ2v) is 10.3. The Kier molecular flexibility index (Phi) is 9.27. The van der Waals surface area contributed by atoms with E-state index in [-0.39, 0.29) is 13.2 Å². The monoisotopic (exact) mass is 490 g/mol. The van der Waals surface area contributed by atoms with E-state index >= 15 is 0 Å². The number of ketones is 1. The molecule has 0 aliphatic rings. The highest BCUT2D eigenvalue weighted by molar-refractivity contribution is 7.87. The number of nitrogens with zero attached hydrogens (tertiary/aromatic N) is 2. The number of ether oxygens (including phenoxy) is 2. The van der Waals surface area contributed by atoms with Gasteiger partial charge in [-0.25, -0.2) is 4.79 Å². The number of esters is 2. The van der Waals surface area contributed by atoms with Crippen molar-refractivity contribution in [3.05, 3.63) is 91.0 Å². The van der Waals surface area contributed by atoms with E-state index in [1.807, 2.05) is 91.0 Å². The maximum Gasteiger partial charge on any atom is 0.362 e. The standard InChI is InChI=1S/C27H27N2O5P/c1-3-33-25(31)20-24(30)26(27(32)34-4-2)28-29-35(21-14-8-5-9-15-21,22-16-10-6-11-17-22)23-18-12-7-13-19-23/h5-19H,3-4,20H2,1-2H3/b28-26-. The molecule has 0 amide bonds. The molecule has 0 saturated carbocycles. The smallest absolute Gasteiger partial charge is 0.362 e. The third kappa shape index (κ3) is 6.19. The molecule has 7 nitrogen and oxygen atoms in total. The van der Waals surface area contributed by atoms with Gasteiger partial charge < -0.3 is 9.47 Å². The number of carbonyl (C=O) groups excluding carboxylic acids is 3. The van der Waals surface area contributed by atoms with E-state index in [0.717, 1.165) is 15.9 Å². The summed E-state index contributed by atoms with van der Waals surface area (Å²) in [5.41, 5.74) is -0.535. The van der Waals surface area contributed by atoms with Crippen molar-refractivity contribution in [3.8, 4) is 0 Å². The number of Topliss-reactive ketones (excluding diaryl/α,β-unsaturated/α-hetero) is 1. The zero-order valence-corrected chi connectivity index (χ0v) is 20.6. The first-order chi connectivity index (χ1) is 17.0. The zero-order valence-electron chi connectivity index (χ0n) is 19.7. The maximum absolute atomic E-state index is 12.9. The third-order valence-corrected chi connectivity index (χ3v) is 8.51. The van der Waals surface area contributed by atoms with Crippen molar-refractivity contribution in [1.29, 1.82) is 0 Å². The molecule has 3 aromatic carbocycles. The predicted octanol–water partition coefficient (Wildman–Crippen LogP) is 3.61. The third-order valence-electron chi connectivity index (χ3n) is 5.01. The predicted molar refractivity (Wildman–Crippen MR) is 138 cm³/mol. The number of hydrogen-bond donors (Lipinski definition) is 0. The zero-order chi connectivity index (χ0) is 25.1. The van der Waals surface area contributed by atoms with Gasteiger partial charge in [-0.3, -0.25) is 9.59 Å². The molecule has 0 N–H and O–H groups in total. The summed E-state index contributed by atoms with van der Waals surface area (Å²) in [6.45, 7) is 3.42. The van der Waals surface area contributed by atoms with Gasteiger partial charge in [-0.05, 0) is 13.8 Å². The molecule has 0 aromatic heterocycles. The lowest BCUT2D eigenvalue weighted by Crippen LogP contribution is -2.29. The molecule has 3 aromatic rings. The molecule has 35 heavy (non-hydrogen) atoms. The Labute approximate surface area is 204 Å². The SMILES string of the molecule is CCOC(=O)CC(=O)/C(=N/N=P(c1ccccc1)(c1ccccc1)c1ccccc1)C(=O)OCC. The molecule has 180 valence electrons. The molecule has 0 radical (unpaired) electrons. The summed E-state index contributed by atoms with van der Waals surface area (Å²) >= 11 is 0. The molecule has 0 fully saturated rings. The van der Waals surface area contributed by atoms with Crippen LogP contribution in [0.4, 0.5) is 0 Å². The van der Waals surface area contributed by atoms with Crippen LogP contribution in [0.2, 0.25) is 0 Å². The van der Waals surface area contributed by atoms with Gasteiger partial charge in [0.25, 0.3) is 0 Å². The maximum atomic E-state index is 12.9. The normalized spacial score (nSPS) is 11.4. The summed E-state index contributed by atoms with van der Waals surface area (Å²) in [4.78, 5) is 42.3. The van der Waals surface area contributed by atoms with E-state index in [4.69, 9.17) is 14.3 Å². The van der Waals surface area contributed by atoms with Crippen LogP contribution in [0.15, 0.2) is 101 Å². The van der Waals surface area contributed by atoms with Crippen LogP contribution < -0.4 is 15.9 Å². The van der Waals surface area contributed by atoms with Gasteiger partial charge in [0.2, 0.25) is 11.5 Å². The van der Waals surface area contributed by atoms with Gasteiger partial charge in [0.15, 0.2) is 0 Å². The second-order valence-electron chi connectivity index (χ2n) is 7.31. The topological polar surface area (TPSA) is 94.4 Å². The van der Waals surface area contributed by atoms with Crippen molar-refractivity contribution in [3.63, 3.8) is 0 Å². The average Bonchev–Trinajstić information content (AvgIpc) is 2.88. The van der Waals surface area contributed by atoms with Crippen molar-refractivity contribution in [2.75, 3.05) is 13.2 Å². The first-order valence-electron chi connectivity index (χ1n) is 11.2. The van der Waals surface area contributed by atoms with E-state index in [2.05, 4.69) is 5.10 Å². The fourth-order valence-corrected chi connectivity index (χ4v) is 6.72. The average molecular weight is 490 g/mol. The van der Waals surface area contributed by atoms with Crippen molar-refractivity contribution >= 4 is 46.4 Å². The van der Waals surface area contributed by atoms with Gasteiger partial charge in [-0.2, -0.15) is 4.85 Å². The number of rotatable bonds is 10. The van der Waals surface area contributed by atoms with Gasteiger partial charge in [0.1, 0.15) is 6.42 Å². The highest BCUT2D eigenvalue weighted by Gasteiger charge is 2.30. The van der Waals surface area contributed by atoms with Crippen molar-refractivity contribution in [2.24, 2.45) is 9.96 Å². The van der Waals surface area contributed by atoms with E-state index < -0.39 is 36.9 Å². The van der Waals surface area contributed by atoms with Crippen LogP contribution in [0, 0.1) is 0 Å². The van der Waals surface area contributed by atoms with Crippen LogP contribution in [0.25, 0.3) is 0 Å². The summed E-state index contributed by atoms with van der Waals surface area (Å²) in [5, 5.41) is 6.89. The van der Waals surface area contributed by atoms with Crippen LogP contribution in [-0.2, 0) is 23.9 Å². The summed E-state index contributed by atoms with van der Waals surface area (Å²) in [6, 6.07) is 28.9. The fraction of sp³-hybridized carbons (Fsp3) is 0.185. The van der Waals surface area contributed by atoms with Crippen molar-refractivity contribution < 1.29 is 23.9 Å². The molecule has 8 heteroatoms. The highest BCUT2D eigenvalue weighted by atomic mass is 31.2.